The van der Waals surface area contributed by atoms with Crippen LogP contribution in [0.2, 0.25) is 0 Å². The minimum Gasteiger partial charge on any atom is -0.355 e. The SMILES string of the molecule is CCc1nn(C)c(NCC(=O)N(C)C)c1[N+](=O)[O-]. The zero-order valence-corrected chi connectivity index (χ0v) is 10.9. The van der Waals surface area contributed by atoms with Gasteiger partial charge in [0.2, 0.25) is 11.7 Å². The molecule has 8 nitrogen and oxygen atoms in total. The third kappa shape index (κ3) is 2.76. The van der Waals surface area contributed by atoms with Crippen molar-refractivity contribution in [2.24, 2.45) is 7.05 Å². The van der Waals surface area contributed by atoms with Crippen LogP contribution in [0.15, 0.2) is 0 Å². The molecule has 0 spiro atoms. The summed E-state index contributed by atoms with van der Waals surface area (Å²) in [5.41, 5.74) is 0.342. The van der Waals surface area contributed by atoms with Gasteiger partial charge in [-0.05, 0) is 6.42 Å². The Kier molecular flexibility index (Phi) is 4.24. The Morgan fingerprint density at radius 1 is 1.56 bits per heavy atom. The van der Waals surface area contributed by atoms with Gasteiger partial charge in [-0.25, -0.2) is 4.68 Å². The summed E-state index contributed by atoms with van der Waals surface area (Å²) >= 11 is 0. The molecule has 0 aromatic carbocycles. The lowest BCUT2D eigenvalue weighted by atomic mass is 10.3. The molecule has 1 N–H and O–H groups in total. The van der Waals surface area contributed by atoms with Crippen LogP contribution in [0, 0.1) is 10.1 Å². The molecule has 100 valence electrons. The maximum atomic E-state index is 11.4. The zero-order valence-electron chi connectivity index (χ0n) is 10.9. The summed E-state index contributed by atoms with van der Waals surface area (Å²) in [5.74, 6) is 0.0931. The fourth-order valence-electron chi connectivity index (χ4n) is 1.51. The van der Waals surface area contributed by atoms with E-state index in [-0.39, 0.29) is 24.0 Å². The number of hydrogen-bond donors (Lipinski definition) is 1. The molecule has 8 heteroatoms. The van der Waals surface area contributed by atoms with Crippen molar-refractivity contribution < 1.29 is 9.72 Å². The lowest BCUT2D eigenvalue weighted by Crippen LogP contribution is -2.29. The average molecular weight is 255 g/mol. The van der Waals surface area contributed by atoms with Crippen LogP contribution in [0.5, 0.6) is 0 Å². The summed E-state index contributed by atoms with van der Waals surface area (Å²) in [6, 6.07) is 0. The molecular weight excluding hydrogens is 238 g/mol. The van der Waals surface area contributed by atoms with Crippen LogP contribution < -0.4 is 5.32 Å². The number of aromatic nitrogens is 2. The van der Waals surface area contributed by atoms with Gasteiger partial charge in [0, 0.05) is 21.1 Å². The lowest BCUT2D eigenvalue weighted by molar-refractivity contribution is -0.384. The molecule has 0 bridgehead atoms. The number of anilines is 1. The Hall–Kier alpha value is -2.12. The maximum absolute atomic E-state index is 11.4. The molecule has 1 aromatic rings. The molecule has 0 atom stereocenters. The third-order valence-corrected chi connectivity index (χ3v) is 2.52. The zero-order chi connectivity index (χ0) is 13.9. The minimum absolute atomic E-state index is 0.00344. The summed E-state index contributed by atoms with van der Waals surface area (Å²) in [5, 5.41) is 17.8. The highest BCUT2D eigenvalue weighted by molar-refractivity contribution is 5.81. The summed E-state index contributed by atoms with van der Waals surface area (Å²) in [7, 11) is 4.85. The highest BCUT2D eigenvalue weighted by atomic mass is 16.6. The highest BCUT2D eigenvalue weighted by Gasteiger charge is 2.25. The summed E-state index contributed by atoms with van der Waals surface area (Å²) in [6.07, 6.45) is 0.466. The molecule has 0 aliphatic carbocycles. The van der Waals surface area contributed by atoms with Crippen molar-refractivity contribution in [3.05, 3.63) is 15.8 Å². The first-order chi connectivity index (χ1) is 8.38. The lowest BCUT2D eigenvalue weighted by Gasteiger charge is -2.11. The van der Waals surface area contributed by atoms with Crippen LogP contribution in [0.1, 0.15) is 12.6 Å². The fourth-order valence-corrected chi connectivity index (χ4v) is 1.51. The number of amides is 1. The number of carbonyl (C=O) groups excluding carboxylic acids is 1. The van der Waals surface area contributed by atoms with Gasteiger partial charge in [0.25, 0.3) is 0 Å². The quantitative estimate of drug-likeness (QED) is 0.607. The van der Waals surface area contributed by atoms with Crippen molar-refractivity contribution in [3.8, 4) is 0 Å². The van der Waals surface area contributed by atoms with Gasteiger partial charge in [-0.2, -0.15) is 5.10 Å². The number of aryl methyl sites for hydroxylation is 2. The van der Waals surface area contributed by atoms with E-state index in [1.165, 1.54) is 9.58 Å². The van der Waals surface area contributed by atoms with Gasteiger partial charge < -0.3 is 10.2 Å². The molecular formula is C10H17N5O3. The number of nitro groups is 1. The van der Waals surface area contributed by atoms with E-state index in [1.807, 2.05) is 0 Å². The van der Waals surface area contributed by atoms with E-state index in [9.17, 15) is 14.9 Å². The topological polar surface area (TPSA) is 93.3 Å². The Morgan fingerprint density at radius 2 is 2.17 bits per heavy atom. The summed E-state index contributed by atoms with van der Waals surface area (Å²) < 4.78 is 1.39. The van der Waals surface area contributed by atoms with Crippen molar-refractivity contribution in [2.75, 3.05) is 26.0 Å². The first-order valence-corrected chi connectivity index (χ1v) is 5.52. The van der Waals surface area contributed by atoms with Gasteiger partial charge in [-0.15, -0.1) is 0 Å². The normalized spacial score (nSPS) is 10.2. The molecule has 1 heterocycles. The van der Waals surface area contributed by atoms with E-state index >= 15 is 0 Å². The predicted molar refractivity (Wildman–Crippen MR) is 66.4 cm³/mol. The molecule has 0 radical (unpaired) electrons. The van der Waals surface area contributed by atoms with Gasteiger partial charge in [-0.3, -0.25) is 14.9 Å². The Balaban J connectivity index is 2.98. The van der Waals surface area contributed by atoms with Crippen LogP contribution in [0.4, 0.5) is 11.5 Å². The van der Waals surface area contributed by atoms with Crippen LogP contribution in [0.3, 0.4) is 0 Å². The second-order valence-corrected chi connectivity index (χ2v) is 4.02. The van der Waals surface area contributed by atoms with Crippen LogP contribution >= 0.6 is 0 Å². The van der Waals surface area contributed by atoms with Crippen molar-refractivity contribution in [3.63, 3.8) is 0 Å². The van der Waals surface area contributed by atoms with E-state index in [0.717, 1.165) is 0 Å². The molecule has 1 amide bonds. The third-order valence-electron chi connectivity index (χ3n) is 2.52. The number of likely N-dealkylation sites (N-methyl/N-ethyl adjacent to an activating group) is 1. The van der Waals surface area contributed by atoms with Gasteiger partial charge in [0.15, 0.2) is 0 Å². The molecule has 0 fully saturated rings. The highest BCUT2D eigenvalue weighted by Crippen LogP contribution is 2.28. The first kappa shape index (κ1) is 13.9. The standard InChI is InChI=1S/C10H17N5O3/c1-5-7-9(15(17)18)10(14(4)12-7)11-6-8(16)13(2)3/h11H,5-6H2,1-4H3. The van der Waals surface area contributed by atoms with Gasteiger partial charge >= 0.3 is 5.69 Å². The van der Waals surface area contributed by atoms with E-state index in [4.69, 9.17) is 0 Å². The van der Waals surface area contributed by atoms with Crippen LogP contribution in [-0.4, -0.2) is 46.2 Å². The van der Waals surface area contributed by atoms with E-state index in [1.54, 1.807) is 28.1 Å². The van der Waals surface area contributed by atoms with E-state index < -0.39 is 4.92 Å². The van der Waals surface area contributed by atoms with Crippen molar-refractivity contribution in [1.82, 2.24) is 14.7 Å². The van der Waals surface area contributed by atoms with Crippen LogP contribution in [-0.2, 0) is 18.3 Å². The Labute approximate surface area is 105 Å². The number of carbonyl (C=O) groups is 1. The largest absolute Gasteiger partial charge is 0.355 e. The van der Waals surface area contributed by atoms with Gasteiger partial charge in [0.1, 0.15) is 5.69 Å². The number of nitrogens with zero attached hydrogens (tertiary/aromatic N) is 4. The maximum Gasteiger partial charge on any atom is 0.333 e. The van der Waals surface area contributed by atoms with Gasteiger partial charge in [0.05, 0.1) is 11.5 Å². The van der Waals surface area contributed by atoms with Crippen molar-refractivity contribution in [1.29, 1.82) is 0 Å². The number of hydrogen-bond acceptors (Lipinski definition) is 5. The van der Waals surface area contributed by atoms with Gasteiger partial charge in [-0.1, -0.05) is 6.92 Å². The Bertz CT molecular complexity index is 466. The van der Waals surface area contributed by atoms with Crippen molar-refractivity contribution in [2.45, 2.75) is 13.3 Å². The summed E-state index contributed by atoms with van der Waals surface area (Å²) in [4.78, 5) is 23.4. The summed E-state index contributed by atoms with van der Waals surface area (Å²) in [6.45, 7) is 1.79. The molecule has 0 saturated heterocycles. The Morgan fingerprint density at radius 3 is 2.61 bits per heavy atom. The second kappa shape index (κ2) is 5.48. The minimum atomic E-state index is -0.478. The molecule has 0 unspecified atom stereocenters. The van der Waals surface area contributed by atoms with E-state index in [2.05, 4.69) is 10.4 Å². The number of nitrogens with one attached hydrogen (secondary N) is 1. The molecule has 0 saturated carbocycles. The average Bonchev–Trinajstić information content (AvgIpc) is 2.62. The molecule has 18 heavy (non-hydrogen) atoms. The predicted octanol–water partition coefficient (Wildman–Crippen LogP) is 0.391. The van der Waals surface area contributed by atoms with E-state index in [0.29, 0.717) is 12.1 Å². The first-order valence-electron chi connectivity index (χ1n) is 5.52. The van der Waals surface area contributed by atoms with Crippen LogP contribution in [0.25, 0.3) is 0 Å². The molecule has 0 aliphatic heterocycles. The number of rotatable bonds is 5. The molecule has 0 aliphatic rings. The smallest absolute Gasteiger partial charge is 0.333 e. The fraction of sp³-hybridized carbons (Fsp3) is 0.600. The van der Waals surface area contributed by atoms with Crippen molar-refractivity contribution >= 4 is 17.4 Å². The molecule has 1 aromatic heterocycles. The molecule has 1 rings (SSSR count). The monoisotopic (exact) mass is 255 g/mol. The second-order valence-electron chi connectivity index (χ2n) is 4.02.